The maximum Gasteiger partial charge on any atom is 0.422 e. The third-order valence-corrected chi connectivity index (χ3v) is 3.34. The van der Waals surface area contributed by atoms with Crippen molar-refractivity contribution in [2.24, 2.45) is 0 Å². The number of fused-ring (bicyclic) bond motifs is 1. The Morgan fingerprint density at radius 2 is 2.17 bits per heavy atom. The van der Waals surface area contributed by atoms with Crippen molar-refractivity contribution in [2.45, 2.75) is 32.2 Å². The molecule has 96 valence electrons. The van der Waals surface area contributed by atoms with Crippen LogP contribution in [-0.2, 0) is 10.3 Å². The number of nitrogens with zero attached hydrogens (tertiary/aromatic N) is 2. The number of carbonyl (C=O) groups is 1. The maximum absolute atomic E-state index is 11.9. The van der Waals surface area contributed by atoms with Gasteiger partial charge in [0.25, 0.3) is 0 Å². The lowest BCUT2D eigenvalue weighted by Crippen LogP contribution is -2.45. The van der Waals surface area contributed by atoms with E-state index in [2.05, 4.69) is 4.98 Å². The molecular formula is C12H14N2O4. The maximum atomic E-state index is 11.9. The quantitative estimate of drug-likeness (QED) is 0.890. The Labute approximate surface area is 103 Å². The number of aromatic nitrogens is 2. The van der Waals surface area contributed by atoms with Crippen LogP contribution in [0.15, 0.2) is 27.5 Å². The Bertz CT molecular complexity index is 637. The van der Waals surface area contributed by atoms with Crippen LogP contribution in [-0.4, -0.2) is 20.6 Å². The van der Waals surface area contributed by atoms with Crippen LogP contribution < -0.4 is 5.76 Å². The topological polar surface area (TPSA) is 85.3 Å². The number of carboxylic acid groups (broad SMARTS) is 1. The lowest BCUT2D eigenvalue weighted by molar-refractivity contribution is -0.148. The smallest absolute Gasteiger partial charge is 0.422 e. The Balaban J connectivity index is 2.84. The van der Waals surface area contributed by atoms with Crippen molar-refractivity contribution < 1.29 is 14.3 Å². The van der Waals surface area contributed by atoms with Gasteiger partial charge in [-0.2, -0.15) is 0 Å². The van der Waals surface area contributed by atoms with Gasteiger partial charge in [-0.1, -0.05) is 13.8 Å². The first kappa shape index (κ1) is 12.3. The second-order valence-corrected chi connectivity index (χ2v) is 4.07. The Kier molecular flexibility index (Phi) is 2.94. The molecule has 0 bridgehead atoms. The van der Waals surface area contributed by atoms with Crippen molar-refractivity contribution in [1.29, 1.82) is 0 Å². The molecule has 0 spiro atoms. The van der Waals surface area contributed by atoms with Crippen LogP contribution in [0.1, 0.15) is 26.7 Å². The van der Waals surface area contributed by atoms with Crippen LogP contribution in [0, 0.1) is 0 Å². The average molecular weight is 250 g/mol. The normalized spacial score (nSPS) is 11.9. The summed E-state index contributed by atoms with van der Waals surface area (Å²) in [6, 6.07) is 3.23. The molecule has 1 N–H and O–H groups in total. The summed E-state index contributed by atoms with van der Waals surface area (Å²) in [6.07, 6.45) is 2.07. The summed E-state index contributed by atoms with van der Waals surface area (Å²) in [5.74, 6) is -1.74. The fourth-order valence-electron chi connectivity index (χ4n) is 2.20. The van der Waals surface area contributed by atoms with E-state index in [9.17, 15) is 14.7 Å². The van der Waals surface area contributed by atoms with E-state index in [0.29, 0.717) is 5.58 Å². The van der Waals surface area contributed by atoms with Crippen LogP contribution in [0.25, 0.3) is 11.2 Å². The number of rotatable bonds is 4. The summed E-state index contributed by atoms with van der Waals surface area (Å²) in [5.41, 5.74) is -0.736. The predicted octanol–water partition coefficient (Wildman–Crippen LogP) is 1.59. The van der Waals surface area contributed by atoms with Gasteiger partial charge in [0.2, 0.25) is 0 Å². The first-order valence-electron chi connectivity index (χ1n) is 5.77. The molecule has 0 unspecified atom stereocenters. The van der Waals surface area contributed by atoms with Gasteiger partial charge in [0, 0.05) is 6.20 Å². The fraction of sp³-hybridized carbons (Fsp3) is 0.417. The summed E-state index contributed by atoms with van der Waals surface area (Å²) >= 11 is 0. The minimum absolute atomic E-state index is 0.272. The van der Waals surface area contributed by atoms with Gasteiger partial charge < -0.3 is 9.52 Å². The zero-order chi connectivity index (χ0) is 13.3. The first-order chi connectivity index (χ1) is 8.56. The highest BCUT2D eigenvalue weighted by Crippen LogP contribution is 2.27. The largest absolute Gasteiger partial charge is 0.479 e. The molecule has 0 amide bonds. The van der Waals surface area contributed by atoms with Crippen LogP contribution >= 0.6 is 0 Å². The highest BCUT2D eigenvalue weighted by atomic mass is 16.4. The SMILES string of the molecule is CCC(CC)(C(=O)O)n1c(=O)oc2cccnc21. The number of aliphatic carboxylic acids is 1. The van der Waals surface area contributed by atoms with Crippen LogP contribution in [0.2, 0.25) is 0 Å². The third kappa shape index (κ3) is 1.53. The first-order valence-corrected chi connectivity index (χ1v) is 5.77. The third-order valence-electron chi connectivity index (χ3n) is 3.34. The second-order valence-electron chi connectivity index (χ2n) is 4.07. The zero-order valence-corrected chi connectivity index (χ0v) is 10.2. The summed E-state index contributed by atoms with van der Waals surface area (Å²) in [6.45, 7) is 3.46. The molecule has 2 aromatic rings. The van der Waals surface area contributed by atoms with Crippen molar-refractivity contribution in [2.75, 3.05) is 0 Å². The highest BCUT2D eigenvalue weighted by Gasteiger charge is 2.40. The molecule has 6 heteroatoms. The standard InChI is InChI=1S/C12H14N2O4/c1-3-12(4-2,10(15)16)14-9-8(18-11(14)17)6-5-7-13-9/h5-7H,3-4H2,1-2H3,(H,15,16). The molecule has 0 fully saturated rings. The number of hydrogen-bond donors (Lipinski definition) is 1. The monoisotopic (exact) mass is 250 g/mol. The summed E-state index contributed by atoms with van der Waals surface area (Å²) in [5, 5.41) is 9.45. The average Bonchev–Trinajstić information content (AvgIpc) is 2.69. The molecule has 2 rings (SSSR count). The predicted molar refractivity (Wildman–Crippen MR) is 64.5 cm³/mol. The Hall–Kier alpha value is -2.11. The van der Waals surface area contributed by atoms with Gasteiger partial charge in [0.15, 0.2) is 11.2 Å². The molecule has 2 aromatic heterocycles. The minimum Gasteiger partial charge on any atom is -0.479 e. The number of carboxylic acids is 1. The lowest BCUT2D eigenvalue weighted by atomic mass is 9.92. The van der Waals surface area contributed by atoms with Gasteiger partial charge in [-0.05, 0) is 25.0 Å². The lowest BCUT2D eigenvalue weighted by Gasteiger charge is -2.26. The van der Waals surface area contributed by atoms with Gasteiger partial charge in [-0.3, -0.25) is 0 Å². The van der Waals surface area contributed by atoms with E-state index in [4.69, 9.17) is 4.42 Å². The van der Waals surface area contributed by atoms with Gasteiger partial charge in [-0.15, -0.1) is 0 Å². The molecule has 0 aromatic carbocycles. The van der Waals surface area contributed by atoms with E-state index < -0.39 is 17.3 Å². The molecule has 6 nitrogen and oxygen atoms in total. The van der Waals surface area contributed by atoms with E-state index in [-0.39, 0.29) is 18.5 Å². The molecule has 0 radical (unpaired) electrons. The van der Waals surface area contributed by atoms with Gasteiger partial charge in [-0.25, -0.2) is 19.1 Å². The molecule has 0 aliphatic heterocycles. The van der Waals surface area contributed by atoms with Crippen LogP contribution in [0.5, 0.6) is 0 Å². The second kappa shape index (κ2) is 4.29. The molecule has 0 atom stereocenters. The molecular weight excluding hydrogens is 236 g/mol. The van der Waals surface area contributed by atoms with E-state index in [0.717, 1.165) is 4.57 Å². The zero-order valence-electron chi connectivity index (χ0n) is 10.2. The van der Waals surface area contributed by atoms with E-state index >= 15 is 0 Å². The number of hydrogen-bond acceptors (Lipinski definition) is 4. The van der Waals surface area contributed by atoms with Crippen molar-refractivity contribution >= 4 is 17.2 Å². The van der Waals surface area contributed by atoms with Crippen molar-refractivity contribution in [3.05, 3.63) is 28.9 Å². The summed E-state index contributed by atoms with van der Waals surface area (Å²) in [4.78, 5) is 27.5. The van der Waals surface area contributed by atoms with E-state index in [1.165, 1.54) is 6.20 Å². The van der Waals surface area contributed by atoms with Crippen LogP contribution in [0.3, 0.4) is 0 Å². The van der Waals surface area contributed by atoms with Gasteiger partial charge in [0.1, 0.15) is 5.54 Å². The minimum atomic E-state index is -1.31. The van der Waals surface area contributed by atoms with E-state index in [1.54, 1.807) is 26.0 Å². The number of oxazole rings is 1. The van der Waals surface area contributed by atoms with Crippen molar-refractivity contribution in [1.82, 2.24) is 9.55 Å². The van der Waals surface area contributed by atoms with E-state index in [1.807, 2.05) is 0 Å². The van der Waals surface area contributed by atoms with Gasteiger partial charge >= 0.3 is 11.7 Å². The molecule has 18 heavy (non-hydrogen) atoms. The molecule has 0 aliphatic rings. The molecule has 2 heterocycles. The van der Waals surface area contributed by atoms with Gasteiger partial charge in [0.05, 0.1) is 0 Å². The molecule has 0 saturated carbocycles. The van der Waals surface area contributed by atoms with Crippen molar-refractivity contribution in [3.8, 4) is 0 Å². The Morgan fingerprint density at radius 3 is 2.72 bits per heavy atom. The summed E-state index contributed by atoms with van der Waals surface area (Å²) < 4.78 is 6.18. The number of pyridine rings is 1. The highest BCUT2D eigenvalue weighted by molar-refractivity contribution is 5.79. The molecule has 0 saturated heterocycles. The summed E-state index contributed by atoms with van der Waals surface area (Å²) in [7, 11) is 0. The Morgan fingerprint density at radius 1 is 1.50 bits per heavy atom. The van der Waals surface area contributed by atoms with Crippen molar-refractivity contribution in [3.63, 3.8) is 0 Å². The fourth-order valence-corrected chi connectivity index (χ4v) is 2.20. The van der Waals surface area contributed by atoms with Crippen LogP contribution in [0.4, 0.5) is 0 Å². The molecule has 0 aliphatic carbocycles.